The lowest BCUT2D eigenvalue weighted by Crippen LogP contribution is -2.28. The Morgan fingerprint density at radius 1 is 0.536 bits per heavy atom. The standard InChI is InChI=1S/C47H52O9/c1-7-51-43(46(49)53-9-3)27-33-11-17-37(18-12-33)55-25-23-31(5)35-15-21-39-40-22-16-36(30-42(40)45(48)41(39)29-35)32(6)24-26-56-38-19-13-34(14-20-38)28-44(52-8-2)47(50)54-10-4/h11-24,29-30,43-44H,7-10,25-28H2,1-6H3/b31-23+,32-24+. The fourth-order valence-corrected chi connectivity index (χ4v) is 6.50. The van der Waals surface area contributed by atoms with Crippen molar-refractivity contribution >= 4 is 28.9 Å². The fourth-order valence-electron chi connectivity index (χ4n) is 6.50. The summed E-state index contributed by atoms with van der Waals surface area (Å²) in [4.78, 5) is 38.1. The molecular formula is C47H52O9. The summed E-state index contributed by atoms with van der Waals surface area (Å²) in [6.45, 7) is 13.5. The lowest BCUT2D eigenvalue weighted by Gasteiger charge is -2.15. The Labute approximate surface area is 330 Å². The summed E-state index contributed by atoms with van der Waals surface area (Å²) in [5.74, 6) is 0.719. The van der Waals surface area contributed by atoms with E-state index in [9.17, 15) is 14.4 Å². The van der Waals surface area contributed by atoms with Crippen LogP contribution in [0, 0.1) is 0 Å². The Morgan fingerprint density at radius 3 is 1.29 bits per heavy atom. The van der Waals surface area contributed by atoms with Gasteiger partial charge in [-0.15, -0.1) is 0 Å². The first-order chi connectivity index (χ1) is 27.1. The van der Waals surface area contributed by atoms with Crippen LogP contribution >= 0.6 is 0 Å². The number of hydrogen-bond donors (Lipinski definition) is 0. The number of carbonyl (C=O) groups is 3. The molecule has 0 saturated heterocycles. The molecule has 0 aliphatic heterocycles. The number of carbonyl (C=O) groups excluding carboxylic acids is 3. The number of fused-ring (bicyclic) bond motifs is 3. The van der Waals surface area contributed by atoms with Crippen LogP contribution in [0.3, 0.4) is 0 Å². The van der Waals surface area contributed by atoms with E-state index in [1.165, 1.54) is 0 Å². The first-order valence-electron chi connectivity index (χ1n) is 19.3. The number of allylic oxidation sites excluding steroid dienone is 2. The molecule has 2 atom stereocenters. The highest BCUT2D eigenvalue weighted by atomic mass is 16.6. The smallest absolute Gasteiger partial charge is 0.335 e. The van der Waals surface area contributed by atoms with Gasteiger partial charge in [0.05, 0.1) is 13.2 Å². The molecule has 0 saturated carbocycles. The first-order valence-corrected chi connectivity index (χ1v) is 19.3. The van der Waals surface area contributed by atoms with Crippen LogP contribution in [0.1, 0.15) is 79.7 Å². The molecule has 0 amide bonds. The van der Waals surface area contributed by atoms with Crippen molar-refractivity contribution in [3.05, 3.63) is 130 Å². The Kier molecular flexibility index (Phi) is 15.2. The minimum atomic E-state index is -0.637. The Morgan fingerprint density at radius 2 is 0.929 bits per heavy atom. The van der Waals surface area contributed by atoms with Gasteiger partial charge >= 0.3 is 11.9 Å². The van der Waals surface area contributed by atoms with Crippen LogP contribution in [-0.4, -0.2) is 69.6 Å². The van der Waals surface area contributed by atoms with Gasteiger partial charge in [0.15, 0.2) is 18.0 Å². The van der Waals surface area contributed by atoms with E-state index in [1.807, 2.05) is 125 Å². The lowest BCUT2D eigenvalue weighted by molar-refractivity contribution is -0.157. The average Bonchev–Trinajstić information content (AvgIpc) is 3.48. The van der Waals surface area contributed by atoms with Crippen LogP contribution in [0.4, 0.5) is 0 Å². The molecule has 294 valence electrons. The van der Waals surface area contributed by atoms with Gasteiger partial charge in [-0.05, 0) is 135 Å². The zero-order valence-electron chi connectivity index (χ0n) is 33.2. The molecule has 0 heterocycles. The fraction of sp³-hybridized carbons (Fsp3) is 0.340. The maximum atomic E-state index is 13.7. The Bertz CT molecular complexity index is 1880. The van der Waals surface area contributed by atoms with Crippen molar-refractivity contribution in [3.63, 3.8) is 0 Å². The molecule has 56 heavy (non-hydrogen) atoms. The largest absolute Gasteiger partial charge is 0.490 e. The van der Waals surface area contributed by atoms with Crippen LogP contribution in [0.25, 0.3) is 22.3 Å². The monoisotopic (exact) mass is 760 g/mol. The quantitative estimate of drug-likeness (QED) is 0.0720. The average molecular weight is 761 g/mol. The summed E-state index contributed by atoms with van der Waals surface area (Å²) in [7, 11) is 0. The third-order valence-electron chi connectivity index (χ3n) is 9.53. The van der Waals surface area contributed by atoms with Crippen molar-refractivity contribution < 1.29 is 42.8 Å². The van der Waals surface area contributed by atoms with Gasteiger partial charge in [0.1, 0.15) is 24.7 Å². The zero-order chi connectivity index (χ0) is 40.0. The second-order valence-electron chi connectivity index (χ2n) is 13.3. The second-order valence-corrected chi connectivity index (χ2v) is 13.3. The predicted molar refractivity (Wildman–Crippen MR) is 218 cm³/mol. The molecule has 0 aromatic heterocycles. The van der Waals surface area contributed by atoms with E-state index in [2.05, 4.69) is 0 Å². The van der Waals surface area contributed by atoms with Gasteiger partial charge in [-0.2, -0.15) is 0 Å². The molecule has 1 aliphatic rings. The van der Waals surface area contributed by atoms with E-state index in [0.29, 0.717) is 75.1 Å². The van der Waals surface area contributed by atoms with Crippen molar-refractivity contribution in [1.82, 2.24) is 0 Å². The van der Waals surface area contributed by atoms with Gasteiger partial charge in [0.2, 0.25) is 0 Å². The summed E-state index contributed by atoms with van der Waals surface area (Å²) in [5, 5.41) is 0. The van der Waals surface area contributed by atoms with Gasteiger partial charge in [0, 0.05) is 37.2 Å². The lowest BCUT2D eigenvalue weighted by atomic mass is 9.98. The minimum Gasteiger partial charge on any atom is -0.490 e. The molecule has 1 aliphatic carbocycles. The summed E-state index contributed by atoms with van der Waals surface area (Å²) in [5.41, 5.74) is 9.07. The molecule has 0 N–H and O–H groups in total. The van der Waals surface area contributed by atoms with E-state index in [1.54, 1.807) is 13.8 Å². The van der Waals surface area contributed by atoms with E-state index < -0.39 is 12.2 Å². The summed E-state index contributed by atoms with van der Waals surface area (Å²) >= 11 is 0. The highest BCUT2D eigenvalue weighted by molar-refractivity contribution is 6.22. The number of rotatable bonds is 20. The van der Waals surface area contributed by atoms with Gasteiger partial charge in [-0.25, -0.2) is 9.59 Å². The van der Waals surface area contributed by atoms with E-state index in [4.69, 9.17) is 28.4 Å². The molecule has 0 fully saturated rings. The Hall–Kier alpha value is -5.51. The molecule has 0 bridgehead atoms. The van der Waals surface area contributed by atoms with Gasteiger partial charge in [0.25, 0.3) is 0 Å². The van der Waals surface area contributed by atoms with Gasteiger partial charge in [-0.1, -0.05) is 48.5 Å². The predicted octanol–water partition coefficient (Wildman–Crippen LogP) is 8.88. The maximum absolute atomic E-state index is 13.7. The first kappa shape index (κ1) is 41.6. The van der Waals surface area contributed by atoms with Crippen molar-refractivity contribution in [1.29, 1.82) is 0 Å². The number of benzene rings is 4. The molecule has 9 heteroatoms. The third kappa shape index (κ3) is 10.8. The van der Waals surface area contributed by atoms with Crippen molar-refractivity contribution in [2.24, 2.45) is 0 Å². The van der Waals surface area contributed by atoms with Crippen LogP contribution < -0.4 is 9.47 Å². The SMILES string of the molecule is CCOC(=O)C(Cc1ccc(OC/C=C(\C)c2ccc3c(c2)C(=O)c2cc(/C(C)=C/COc4ccc(CC(OCC)C(=O)OCC)cc4)ccc2-3)cc1)OCC. The second kappa shape index (κ2) is 20.4. The number of hydrogen-bond acceptors (Lipinski definition) is 9. The summed E-state index contributed by atoms with van der Waals surface area (Å²) in [6.07, 6.45) is 3.58. The van der Waals surface area contributed by atoms with Crippen LogP contribution in [0.2, 0.25) is 0 Å². The zero-order valence-corrected chi connectivity index (χ0v) is 33.2. The van der Waals surface area contributed by atoms with E-state index >= 15 is 0 Å². The number of ketones is 1. The minimum absolute atomic E-state index is 0.0102. The van der Waals surface area contributed by atoms with Crippen LogP contribution in [0.5, 0.6) is 11.5 Å². The highest BCUT2D eigenvalue weighted by Gasteiger charge is 2.27. The topological polar surface area (TPSA) is 107 Å². The highest BCUT2D eigenvalue weighted by Crippen LogP contribution is 2.39. The maximum Gasteiger partial charge on any atom is 0.335 e. The van der Waals surface area contributed by atoms with Crippen molar-refractivity contribution in [3.8, 4) is 22.6 Å². The van der Waals surface area contributed by atoms with Crippen molar-refractivity contribution in [2.45, 2.75) is 66.6 Å². The third-order valence-corrected chi connectivity index (χ3v) is 9.53. The van der Waals surface area contributed by atoms with E-state index in [0.717, 1.165) is 44.5 Å². The normalized spacial score (nSPS) is 13.4. The summed E-state index contributed by atoms with van der Waals surface area (Å²) < 4.78 is 33.4. The molecule has 9 nitrogen and oxygen atoms in total. The van der Waals surface area contributed by atoms with Crippen LogP contribution in [-0.2, 0) is 41.4 Å². The molecule has 2 unspecified atom stereocenters. The molecular weight excluding hydrogens is 709 g/mol. The van der Waals surface area contributed by atoms with Gasteiger partial charge in [-0.3, -0.25) is 4.79 Å². The van der Waals surface area contributed by atoms with Crippen molar-refractivity contribution in [2.75, 3.05) is 39.6 Å². The Balaban J connectivity index is 1.15. The molecule has 0 radical (unpaired) electrons. The summed E-state index contributed by atoms with van der Waals surface area (Å²) in [6, 6.07) is 27.3. The molecule has 5 rings (SSSR count). The number of ether oxygens (including phenoxy) is 6. The van der Waals surface area contributed by atoms with Crippen LogP contribution in [0.15, 0.2) is 97.1 Å². The molecule has 4 aromatic rings. The van der Waals surface area contributed by atoms with E-state index in [-0.39, 0.29) is 17.7 Å². The number of esters is 2. The molecule has 0 spiro atoms. The molecule has 4 aromatic carbocycles. The van der Waals surface area contributed by atoms with Gasteiger partial charge < -0.3 is 28.4 Å².